The lowest BCUT2D eigenvalue weighted by atomic mass is 9.75. The molecule has 0 saturated carbocycles. The number of nitrogens with one attached hydrogen (secondary N) is 3. The molecule has 0 spiro atoms. The highest BCUT2D eigenvalue weighted by Gasteiger charge is 2.59. The van der Waals surface area contributed by atoms with E-state index in [0.717, 1.165) is 12.4 Å². The summed E-state index contributed by atoms with van der Waals surface area (Å²) >= 11 is 0. The first-order valence-electron chi connectivity index (χ1n) is 23.2. The Morgan fingerprint density at radius 3 is 2.15 bits per heavy atom. The van der Waals surface area contributed by atoms with Gasteiger partial charge < -0.3 is 30.2 Å². The maximum atomic E-state index is 15.8. The van der Waals surface area contributed by atoms with Crippen LogP contribution < -0.4 is 20.7 Å². The standard InChI is InChI=1S/C50H37F4N13O7/c1-2-73-48(71)50-12-6-11-33-34(50)38(62-47(50)70)59-40(58-33)36-28-17-26(51)20-57-43(28)67(65-36)22-30-25(8-5-10-32(30)54)23-72-16-14-55-45(68)49-13-15-74-44-35(49)39(63-46(49)69)60-41(61-44)37-29-18-27(52)19-56-42(29)66(64-37)21-24-7-3-4-9-31(24)53/h3-11,17-20H,2,12-16,21-23H2,1H3,(H,55,68)(H,58,59,62,70)(H,60,61,63,69). The molecule has 6 aromatic heterocycles. The number of pyridine rings is 2. The number of esters is 1. The Morgan fingerprint density at radius 2 is 1.43 bits per heavy atom. The zero-order chi connectivity index (χ0) is 51.0. The molecule has 9 heterocycles. The smallest absolute Gasteiger partial charge is 0.326 e. The molecule has 0 saturated heterocycles. The number of fused-ring (bicyclic) bond motifs is 2. The molecule has 2 unspecified atom stereocenters. The van der Waals surface area contributed by atoms with Gasteiger partial charge in [0.25, 0.3) is 0 Å². The van der Waals surface area contributed by atoms with Crippen LogP contribution in [-0.2, 0) is 59.2 Å². The van der Waals surface area contributed by atoms with Gasteiger partial charge in [-0.2, -0.15) is 15.2 Å². The van der Waals surface area contributed by atoms with Crippen LogP contribution in [0.15, 0.2) is 73.1 Å². The zero-order valence-corrected chi connectivity index (χ0v) is 38.7. The zero-order valence-electron chi connectivity index (χ0n) is 38.7. The third-order valence-electron chi connectivity index (χ3n) is 13.5. The number of nitrogens with zero attached hydrogens (tertiary/aromatic N) is 10. The van der Waals surface area contributed by atoms with Gasteiger partial charge in [0.05, 0.1) is 73.9 Å². The monoisotopic (exact) mass is 1010 g/mol. The lowest BCUT2D eigenvalue weighted by Gasteiger charge is -2.30. The summed E-state index contributed by atoms with van der Waals surface area (Å²) in [5, 5.41) is 17.8. The van der Waals surface area contributed by atoms with Crippen molar-refractivity contribution in [3.63, 3.8) is 0 Å². The molecule has 0 radical (unpaired) electrons. The van der Waals surface area contributed by atoms with Crippen molar-refractivity contribution in [2.45, 2.75) is 50.3 Å². The average molecular weight is 1010 g/mol. The van der Waals surface area contributed by atoms with Gasteiger partial charge in [0.15, 0.2) is 33.8 Å². The molecule has 12 rings (SSSR count). The van der Waals surface area contributed by atoms with E-state index in [2.05, 4.69) is 56.1 Å². The number of amides is 3. The Hall–Kier alpha value is -9.06. The van der Waals surface area contributed by atoms with Crippen LogP contribution in [0.3, 0.4) is 0 Å². The van der Waals surface area contributed by atoms with Crippen molar-refractivity contribution in [3.8, 4) is 28.9 Å². The van der Waals surface area contributed by atoms with Crippen LogP contribution in [0.4, 0.5) is 29.2 Å². The summed E-state index contributed by atoms with van der Waals surface area (Å²) in [5.41, 5.74) is -1.37. The van der Waals surface area contributed by atoms with E-state index < -0.39 is 57.8 Å². The van der Waals surface area contributed by atoms with Crippen molar-refractivity contribution in [2.24, 2.45) is 0 Å². The number of halogens is 4. The fourth-order valence-electron chi connectivity index (χ4n) is 9.98. The minimum Gasteiger partial charge on any atom is -0.477 e. The summed E-state index contributed by atoms with van der Waals surface area (Å²) in [4.78, 5) is 81.3. The summed E-state index contributed by atoms with van der Waals surface area (Å²) in [6, 6.07) is 12.9. The molecule has 20 nitrogen and oxygen atoms in total. The van der Waals surface area contributed by atoms with Crippen LogP contribution in [0.2, 0.25) is 0 Å². The second-order valence-corrected chi connectivity index (χ2v) is 17.7. The quantitative estimate of drug-likeness (QED) is 0.0547. The van der Waals surface area contributed by atoms with Gasteiger partial charge in [-0.25, -0.2) is 51.8 Å². The van der Waals surface area contributed by atoms with Crippen LogP contribution >= 0.6 is 0 Å². The second-order valence-electron chi connectivity index (χ2n) is 17.7. The molecule has 3 aliphatic heterocycles. The molecule has 372 valence electrons. The number of rotatable bonds is 14. The molecular formula is C50H37F4N13O7. The van der Waals surface area contributed by atoms with Crippen molar-refractivity contribution >= 4 is 63.5 Å². The van der Waals surface area contributed by atoms with E-state index in [1.807, 2.05) is 0 Å². The minimum atomic E-state index is -1.78. The molecule has 0 fully saturated rings. The lowest BCUT2D eigenvalue weighted by Crippen LogP contribution is -2.52. The predicted octanol–water partition coefficient (Wildman–Crippen LogP) is 5.22. The summed E-state index contributed by atoms with van der Waals surface area (Å²) in [7, 11) is 0. The van der Waals surface area contributed by atoms with Gasteiger partial charge in [0.2, 0.25) is 23.6 Å². The highest BCUT2D eigenvalue weighted by atomic mass is 19.1. The number of anilines is 2. The number of hydrogen-bond acceptors (Lipinski definition) is 15. The van der Waals surface area contributed by atoms with Gasteiger partial charge in [-0.3, -0.25) is 19.2 Å². The Bertz CT molecular complexity index is 3770. The fraction of sp³-hybridized carbons (Fsp3) is 0.240. The second kappa shape index (κ2) is 17.6. The third kappa shape index (κ3) is 7.22. The van der Waals surface area contributed by atoms with Crippen molar-refractivity contribution in [2.75, 3.05) is 37.0 Å². The summed E-state index contributed by atoms with van der Waals surface area (Å²) < 4.78 is 79.8. The van der Waals surface area contributed by atoms with Crippen molar-refractivity contribution in [1.82, 2.24) is 54.8 Å². The van der Waals surface area contributed by atoms with E-state index >= 15 is 4.39 Å². The van der Waals surface area contributed by atoms with Gasteiger partial charge >= 0.3 is 5.97 Å². The highest BCUT2D eigenvalue weighted by Crippen LogP contribution is 2.49. The van der Waals surface area contributed by atoms with E-state index in [-0.39, 0.29) is 144 Å². The van der Waals surface area contributed by atoms with E-state index in [0.29, 0.717) is 11.1 Å². The summed E-state index contributed by atoms with van der Waals surface area (Å²) in [6.45, 7) is 1.08. The van der Waals surface area contributed by atoms with Gasteiger partial charge in [-0.1, -0.05) is 36.4 Å². The fourth-order valence-corrected chi connectivity index (χ4v) is 9.98. The number of benzene rings is 2. The van der Waals surface area contributed by atoms with Crippen LogP contribution in [0.5, 0.6) is 5.88 Å². The number of aromatic nitrogens is 10. The van der Waals surface area contributed by atoms with Gasteiger partial charge in [0, 0.05) is 29.7 Å². The maximum absolute atomic E-state index is 15.8. The SMILES string of the molecule is CCOC(=O)C12CC=Cc3nc(-c4nn(Cc5c(F)cccc5COCCNC(=O)C56CCOc7nc(-c8nn(Cc9ccccc9F)c9ncc(F)cc89)nc(c75)NC6=O)c5ncc(F)cc45)nc(c31)NC2=O. The van der Waals surface area contributed by atoms with Crippen molar-refractivity contribution < 1.29 is 51.0 Å². The summed E-state index contributed by atoms with van der Waals surface area (Å²) in [5.74, 6) is -5.20. The molecule has 0 bridgehead atoms. The van der Waals surface area contributed by atoms with Crippen molar-refractivity contribution in [1.29, 1.82) is 0 Å². The van der Waals surface area contributed by atoms with Gasteiger partial charge in [-0.05, 0) is 49.2 Å². The third-order valence-corrected chi connectivity index (χ3v) is 13.5. The predicted molar refractivity (Wildman–Crippen MR) is 252 cm³/mol. The molecular weight excluding hydrogens is 971 g/mol. The molecule has 4 aliphatic rings. The minimum absolute atomic E-state index is 0.00404. The van der Waals surface area contributed by atoms with E-state index in [1.165, 1.54) is 39.7 Å². The van der Waals surface area contributed by atoms with Crippen molar-refractivity contribution in [3.05, 3.63) is 130 Å². The lowest BCUT2D eigenvalue weighted by molar-refractivity contribution is -0.153. The molecule has 2 atom stereocenters. The van der Waals surface area contributed by atoms with E-state index in [9.17, 15) is 32.3 Å². The van der Waals surface area contributed by atoms with E-state index in [1.54, 1.807) is 43.3 Å². The average Bonchev–Trinajstić information content (AvgIpc) is 4.11. The first-order valence-corrected chi connectivity index (χ1v) is 23.2. The molecule has 24 heteroatoms. The Morgan fingerprint density at radius 1 is 0.784 bits per heavy atom. The molecule has 74 heavy (non-hydrogen) atoms. The number of carbonyl (C=O) groups excluding carboxylic acids is 4. The molecule has 8 aromatic rings. The first kappa shape index (κ1) is 46.0. The number of hydrogen-bond donors (Lipinski definition) is 3. The Labute approximate surface area is 414 Å². The Balaban J connectivity index is 0.760. The molecule has 3 N–H and O–H groups in total. The molecule has 3 amide bonds. The van der Waals surface area contributed by atoms with E-state index in [4.69, 9.17) is 14.2 Å². The van der Waals surface area contributed by atoms with Gasteiger partial charge in [-0.15, -0.1) is 0 Å². The van der Waals surface area contributed by atoms with Crippen LogP contribution in [0, 0.1) is 23.3 Å². The number of carbonyl (C=O) groups is 4. The topological polar surface area (TPSA) is 245 Å². The summed E-state index contributed by atoms with van der Waals surface area (Å²) in [6.07, 6.45) is 5.28. The largest absolute Gasteiger partial charge is 0.477 e. The molecule has 1 aliphatic carbocycles. The highest BCUT2D eigenvalue weighted by molar-refractivity contribution is 6.21. The normalized spacial score (nSPS) is 18.0. The van der Waals surface area contributed by atoms with Crippen LogP contribution in [-0.4, -0.2) is 99.5 Å². The Kier molecular flexibility index (Phi) is 11.0. The molecule has 2 aromatic carbocycles. The number of ether oxygens (including phenoxy) is 3. The van der Waals surface area contributed by atoms with Crippen LogP contribution in [0.25, 0.3) is 51.2 Å². The number of allylic oxidation sites excluding steroid dienone is 1. The van der Waals surface area contributed by atoms with Gasteiger partial charge in [0.1, 0.15) is 46.3 Å². The van der Waals surface area contributed by atoms with Crippen LogP contribution in [0.1, 0.15) is 53.3 Å². The first-order chi connectivity index (χ1) is 35.9. The maximum Gasteiger partial charge on any atom is 0.326 e.